The van der Waals surface area contributed by atoms with Crippen LogP contribution in [0.5, 0.6) is 11.5 Å². The van der Waals surface area contributed by atoms with E-state index in [0.717, 1.165) is 42.6 Å². The molecule has 0 unspecified atom stereocenters. The van der Waals surface area contributed by atoms with Gasteiger partial charge in [-0.25, -0.2) is 4.98 Å². The number of amides is 1. The fourth-order valence-corrected chi connectivity index (χ4v) is 3.84. The molecule has 2 aliphatic rings. The van der Waals surface area contributed by atoms with Crippen LogP contribution in [0.4, 0.5) is 0 Å². The van der Waals surface area contributed by atoms with Crippen molar-refractivity contribution in [1.29, 1.82) is 0 Å². The number of aromatic nitrogens is 2. The molecule has 7 heteroatoms. The Balaban J connectivity index is 1.54. The summed E-state index contributed by atoms with van der Waals surface area (Å²) >= 11 is 0. The fraction of sp³-hybridized carbons (Fsp3) is 0.364. The first kappa shape index (κ1) is 18.0. The first-order valence-corrected chi connectivity index (χ1v) is 9.85. The minimum Gasteiger partial charge on any atom is -0.507 e. The quantitative estimate of drug-likeness (QED) is 0.598. The first-order valence-electron chi connectivity index (χ1n) is 9.85. The van der Waals surface area contributed by atoms with Gasteiger partial charge in [0, 0.05) is 23.2 Å². The lowest BCUT2D eigenvalue weighted by Gasteiger charge is -2.14. The van der Waals surface area contributed by atoms with Crippen LogP contribution < -0.4 is 10.1 Å². The van der Waals surface area contributed by atoms with Gasteiger partial charge in [0.15, 0.2) is 0 Å². The number of methoxy groups -OCH3 is 1. The second-order valence-corrected chi connectivity index (χ2v) is 8.05. The number of ether oxygens (including phenoxy) is 1. The van der Waals surface area contributed by atoms with Gasteiger partial charge in [0.2, 0.25) is 0 Å². The number of nitrogens with zero attached hydrogens (tertiary/aromatic N) is 2. The molecule has 2 saturated carbocycles. The Morgan fingerprint density at radius 3 is 2.79 bits per heavy atom. The van der Waals surface area contributed by atoms with Crippen molar-refractivity contribution in [2.24, 2.45) is 0 Å². The average molecular weight is 393 g/mol. The highest BCUT2D eigenvalue weighted by Crippen LogP contribution is 2.48. The number of aliphatic hydroxyl groups is 1. The monoisotopic (exact) mass is 393 g/mol. The standard InChI is InChI=1S/C22H23N3O4/c1-29-18-9-13(8-17(27)20(18)21(28)24-15-2-3-15)16-11-23-19-10-14(4-7-25(16)19)22(12-26)5-6-22/h4,7-11,15,26-27H,2-3,5-6,12H2,1H3,(H,24,28). The molecule has 1 amide bonds. The molecule has 7 nitrogen and oxygen atoms in total. The van der Waals surface area contributed by atoms with Crippen LogP contribution in [0.2, 0.25) is 0 Å². The number of benzene rings is 1. The van der Waals surface area contributed by atoms with Crippen molar-refractivity contribution < 1.29 is 19.7 Å². The number of phenols is 1. The van der Waals surface area contributed by atoms with Gasteiger partial charge in [0.05, 0.1) is 25.6 Å². The number of phenolic OH excluding ortho intramolecular Hbond substituents is 1. The number of hydrogen-bond acceptors (Lipinski definition) is 5. The molecule has 0 spiro atoms. The number of aromatic hydroxyl groups is 1. The molecular formula is C22H23N3O4. The number of carbonyl (C=O) groups is 1. The summed E-state index contributed by atoms with van der Waals surface area (Å²) in [6.45, 7) is 0.145. The largest absolute Gasteiger partial charge is 0.507 e. The van der Waals surface area contributed by atoms with E-state index in [1.54, 1.807) is 18.3 Å². The van der Waals surface area contributed by atoms with E-state index in [1.165, 1.54) is 7.11 Å². The SMILES string of the molecule is COc1cc(-c2cnc3cc(C4(CO)CC4)ccn23)cc(O)c1C(=O)NC1CC1. The zero-order valence-electron chi connectivity index (χ0n) is 16.2. The number of fused-ring (bicyclic) bond motifs is 1. The van der Waals surface area contributed by atoms with Gasteiger partial charge in [-0.15, -0.1) is 0 Å². The summed E-state index contributed by atoms with van der Waals surface area (Å²) in [5.74, 6) is -0.127. The summed E-state index contributed by atoms with van der Waals surface area (Å²) in [4.78, 5) is 17.0. The van der Waals surface area contributed by atoms with Crippen molar-refractivity contribution in [2.45, 2.75) is 37.1 Å². The van der Waals surface area contributed by atoms with Crippen LogP contribution in [0.1, 0.15) is 41.6 Å². The molecule has 0 aliphatic heterocycles. The van der Waals surface area contributed by atoms with E-state index < -0.39 is 0 Å². The maximum absolute atomic E-state index is 12.5. The van der Waals surface area contributed by atoms with Gasteiger partial charge in [0.1, 0.15) is 22.7 Å². The lowest BCUT2D eigenvalue weighted by molar-refractivity contribution is 0.0945. The van der Waals surface area contributed by atoms with E-state index in [1.807, 2.05) is 22.7 Å². The number of rotatable bonds is 6. The third kappa shape index (κ3) is 3.02. The Morgan fingerprint density at radius 1 is 1.34 bits per heavy atom. The Hall–Kier alpha value is -3.06. The predicted octanol–water partition coefficient (Wildman–Crippen LogP) is 2.63. The van der Waals surface area contributed by atoms with Crippen LogP contribution in [0.3, 0.4) is 0 Å². The van der Waals surface area contributed by atoms with E-state index >= 15 is 0 Å². The molecule has 0 atom stereocenters. The molecule has 150 valence electrons. The van der Waals surface area contributed by atoms with Crippen molar-refractivity contribution in [1.82, 2.24) is 14.7 Å². The Labute approximate surface area is 168 Å². The third-order valence-electron chi connectivity index (χ3n) is 6.02. The maximum atomic E-state index is 12.5. The van der Waals surface area contributed by atoms with Gasteiger partial charge in [0.25, 0.3) is 5.91 Å². The smallest absolute Gasteiger partial charge is 0.259 e. The molecule has 29 heavy (non-hydrogen) atoms. The third-order valence-corrected chi connectivity index (χ3v) is 6.02. The van der Waals surface area contributed by atoms with Crippen molar-refractivity contribution in [3.8, 4) is 22.8 Å². The molecular weight excluding hydrogens is 370 g/mol. The van der Waals surface area contributed by atoms with Gasteiger partial charge in [-0.3, -0.25) is 9.20 Å². The molecule has 2 aliphatic carbocycles. The van der Waals surface area contributed by atoms with Crippen LogP contribution in [0.25, 0.3) is 16.9 Å². The molecule has 2 heterocycles. The molecule has 1 aromatic carbocycles. The molecule has 3 N–H and O–H groups in total. The summed E-state index contributed by atoms with van der Waals surface area (Å²) in [5.41, 5.74) is 3.38. The van der Waals surface area contributed by atoms with Gasteiger partial charge < -0.3 is 20.3 Å². The second-order valence-electron chi connectivity index (χ2n) is 8.05. The van der Waals surface area contributed by atoms with Gasteiger partial charge in [-0.2, -0.15) is 0 Å². The Bertz CT molecular complexity index is 1110. The normalized spacial score (nSPS) is 17.3. The Morgan fingerprint density at radius 2 is 2.14 bits per heavy atom. The van der Waals surface area contributed by atoms with E-state index in [0.29, 0.717) is 11.3 Å². The van der Waals surface area contributed by atoms with Crippen molar-refractivity contribution in [2.75, 3.05) is 13.7 Å². The summed E-state index contributed by atoms with van der Waals surface area (Å²) in [5, 5.41) is 23.1. The summed E-state index contributed by atoms with van der Waals surface area (Å²) < 4.78 is 7.33. The fourth-order valence-electron chi connectivity index (χ4n) is 3.84. The molecule has 0 bridgehead atoms. The molecule has 3 aromatic rings. The predicted molar refractivity (Wildman–Crippen MR) is 107 cm³/mol. The van der Waals surface area contributed by atoms with Crippen molar-refractivity contribution >= 4 is 11.6 Å². The lowest BCUT2D eigenvalue weighted by atomic mass is 9.98. The summed E-state index contributed by atoms with van der Waals surface area (Å²) in [6, 6.07) is 7.51. The molecule has 2 fully saturated rings. The van der Waals surface area contributed by atoms with Gasteiger partial charge in [-0.05, 0) is 55.5 Å². The maximum Gasteiger partial charge on any atom is 0.259 e. The second kappa shape index (κ2) is 6.49. The number of imidazole rings is 1. The number of nitrogens with one attached hydrogen (secondary N) is 1. The van der Waals surface area contributed by atoms with Gasteiger partial charge >= 0.3 is 0 Å². The topological polar surface area (TPSA) is 96.1 Å². The van der Waals surface area contributed by atoms with Crippen LogP contribution >= 0.6 is 0 Å². The molecule has 0 radical (unpaired) electrons. The van der Waals surface area contributed by atoms with E-state index in [2.05, 4.69) is 10.3 Å². The molecule has 2 aromatic heterocycles. The number of hydrogen-bond donors (Lipinski definition) is 3. The summed E-state index contributed by atoms with van der Waals surface area (Å²) in [6.07, 6.45) is 7.57. The highest BCUT2D eigenvalue weighted by molar-refractivity contribution is 6.00. The van der Waals surface area contributed by atoms with E-state index in [-0.39, 0.29) is 35.3 Å². The van der Waals surface area contributed by atoms with Crippen molar-refractivity contribution in [3.05, 3.63) is 47.8 Å². The van der Waals surface area contributed by atoms with Crippen LogP contribution in [0.15, 0.2) is 36.7 Å². The number of pyridine rings is 1. The minimum atomic E-state index is -0.324. The zero-order valence-corrected chi connectivity index (χ0v) is 16.2. The Kier molecular flexibility index (Phi) is 4.03. The zero-order chi connectivity index (χ0) is 20.2. The lowest BCUT2D eigenvalue weighted by Crippen LogP contribution is -2.26. The van der Waals surface area contributed by atoms with E-state index in [9.17, 15) is 15.0 Å². The summed E-state index contributed by atoms with van der Waals surface area (Å²) in [7, 11) is 1.48. The van der Waals surface area contributed by atoms with E-state index in [4.69, 9.17) is 4.74 Å². The first-order chi connectivity index (χ1) is 14.0. The minimum absolute atomic E-state index is 0.119. The molecule has 5 rings (SSSR count). The van der Waals surface area contributed by atoms with Crippen LogP contribution in [-0.2, 0) is 5.41 Å². The molecule has 0 saturated heterocycles. The van der Waals surface area contributed by atoms with Crippen LogP contribution in [0, 0.1) is 0 Å². The van der Waals surface area contributed by atoms with Crippen LogP contribution in [-0.4, -0.2) is 45.3 Å². The van der Waals surface area contributed by atoms with Gasteiger partial charge in [-0.1, -0.05) is 0 Å². The highest BCUT2D eigenvalue weighted by atomic mass is 16.5. The number of carbonyl (C=O) groups excluding carboxylic acids is 1. The van der Waals surface area contributed by atoms with Crippen molar-refractivity contribution in [3.63, 3.8) is 0 Å². The average Bonchev–Trinajstić information content (AvgIpc) is 3.65. The number of aliphatic hydroxyl groups excluding tert-OH is 1. The highest BCUT2D eigenvalue weighted by Gasteiger charge is 2.43.